The van der Waals surface area contributed by atoms with Crippen molar-refractivity contribution in [2.24, 2.45) is 5.73 Å². The lowest BCUT2D eigenvalue weighted by Gasteiger charge is -2.13. The van der Waals surface area contributed by atoms with Crippen molar-refractivity contribution in [3.63, 3.8) is 0 Å². The molecule has 0 heterocycles. The van der Waals surface area contributed by atoms with Crippen LogP contribution < -0.4 is 10.5 Å². The molecule has 0 bridgehead atoms. The molecule has 2 rings (SSSR count). The molecule has 21 heavy (non-hydrogen) atoms. The fraction of sp³-hybridized carbons (Fsp3) is 0.133. The minimum Gasteiger partial charge on any atom is -0.456 e. The maximum Gasteiger partial charge on any atom is 0.175 e. The van der Waals surface area contributed by atoms with Crippen LogP contribution in [0.1, 0.15) is 11.1 Å². The summed E-state index contributed by atoms with van der Waals surface area (Å²) in [5.74, 6) is 1.10. The summed E-state index contributed by atoms with van der Waals surface area (Å²) in [4.78, 5) is 0.496. The van der Waals surface area contributed by atoms with Crippen LogP contribution in [0.2, 0.25) is 0 Å². The second-order valence-electron chi connectivity index (χ2n) is 4.66. The Bertz CT molecular complexity index is 781. The van der Waals surface area contributed by atoms with Crippen LogP contribution in [0.15, 0.2) is 47.4 Å². The molecule has 0 spiro atoms. The van der Waals surface area contributed by atoms with Gasteiger partial charge in [-0.3, -0.25) is 0 Å². The van der Waals surface area contributed by atoms with Gasteiger partial charge in [0.1, 0.15) is 16.5 Å². The van der Waals surface area contributed by atoms with Crippen molar-refractivity contribution in [1.82, 2.24) is 0 Å². The summed E-state index contributed by atoms with van der Waals surface area (Å²) >= 11 is 5.01. The predicted molar refractivity (Wildman–Crippen MR) is 86.7 cm³/mol. The number of benzene rings is 2. The number of para-hydroxylation sites is 1. The molecule has 0 saturated carbocycles. The van der Waals surface area contributed by atoms with Gasteiger partial charge in [-0.25, -0.2) is 8.42 Å². The van der Waals surface area contributed by atoms with Gasteiger partial charge < -0.3 is 10.5 Å². The molecule has 2 N–H and O–H groups in total. The summed E-state index contributed by atoms with van der Waals surface area (Å²) in [5, 5.41) is 0. The van der Waals surface area contributed by atoms with E-state index in [2.05, 4.69) is 0 Å². The van der Waals surface area contributed by atoms with E-state index in [1.165, 1.54) is 12.1 Å². The van der Waals surface area contributed by atoms with E-state index >= 15 is 0 Å². The highest BCUT2D eigenvalue weighted by Gasteiger charge is 2.11. The van der Waals surface area contributed by atoms with E-state index < -0.39 is 9.84 Å². The van der Waals surface area contributed by atoms with Crippen molar-refractivity contribution < 1.29 is 13.2 Å². The van der Waals surface area contributed by atoms with Gasteiger partial charge in [0, 0.05) is 6.26 Å². The van der Waals surface area contributed by atoms with Gasteiger partial charge in [0.2, 0.25) is 0 Å². The largest absolute Gasteiger partial charge is 0.456 e. The zero-order chi connectivity index (χ0) is 15.6. The van der Waals surface area contributed by atoms with E-state index in [1.54, 1.807) is 18.2 Å². The minimum absolute atomic E-state index is 0.245. The molecule has 2 aromatic carbocycles. The topological polar surface area (TPSA) is 69.4 Å². The van der Waals surface area contributed by atoms with Crippen LogP contribution in [-0.2, 0) is 9.84 Å². The molecule has 0 aliphatic carbocycles. The summed E-state index contributed by atoms with van der Waals surface area (Å²) < 4.78 is 28.7. The van der Waals surface area contributed by atoms with Crippen molar-refractivity contribution in [2.45, 2.75) is 11.8 Å². The van der Waals surface area contributed by atoms with Gasteiger partial charge in [-0.05, 0) is 42.8 Å². The lowest BCUT2D eigenvalue weighted by Crippen LogP contribution is -2.11. The van der Waals surface area contributed by atoms with Crippen LogP contribution in [-0.4, -0.2) is 19.7 Å². The van der Waals surface area contributed by atoms with E-state index in [0.29, 0.717) is 17.1 Å². The SMILES string of the molecule is Cc1cccc(C(N)=S)c1Oc1ccc(S(C)(=O)=O)cc1. The van der Waals surface area contributed by atoms with Gasteiger partial charge >= 0.3 is 0 Å². The van der Waals surface area contributed by atoms with Crippen LogP contribution in [0.5, 0.6) is 11.5 Å². The summed E-state index contributed by atoms with van der Waals surface area (Å²) in [7, 11) is -3.22. The summed E-state index contributed by atoms with van der Waals surface area (Å²) in [6.07, 6.45) is 1.16. The van der Waals surface area contributed by atoms with Gasteiger partial charge in [0.25, 0.3) is 0 Å². The summed E-state index contributed by atoms with van der Waals surface area (Å²) in [6, 6.07) is 11.7. The molecular weight excluding hydrogens is 306 g/mol. The number of aryl methyl sites for hydroxylation is 1. The Hall–Kier alpha value is -1.92. The molecule has 110 valence electrons. The molecule has 0 aliphatic rings. The Morgan fingerprint density at radius 2 is 1.76 bits per heavy atom. The Morgan fingerprint density at radius 1 is 1.14 bits per heavy atom. The molecule has 0 atom stereocenters. The van der Waals surface area contributed by atoms with Gasteiger partial charge in [-0.1, -0.05) is 24.4 Å². The minimum atomic E-state index is -3.22. The second kappa shape index (κ2) is 5.83. The average molecular weight is 321 g/mol. The second-order valence-corrected chi connectivity index (χ2v) is 7.12. The first-order chi connectivity index (χ1) is 9.79. The van der Waals surface area contributed by atoms with Crippen molar-refractivity contribution in [3.8, 4) is 11.5 Å². The van der Waals surface area contributed by atoms with E-state index in [-0.39, 0.29) is 9.88 Å². The molecule has 6 heteroatoms. The van der Waals surface area contributed by atoms with Crippen LogP contribution in [0.4, 0.5) is 0 Å². The lowest BCUT2D eigenvalue weighted by molar-refractivity contribution is 0.477. The normalized spacial score (nSPS) is 11.1. The van der Waals surface area contributed by atoms with Gasteiger partial charge in [0.15, 0.2) is 9.84 Å². The highest BCUT2D eigenvalue weighted by atomic mass is 32.2. The Balaban J connectivity index is 2.37. The first-order valence-corrected chi connectivity index (χ1v) is 8.46. The molecule has 0 aliphatic heterocycles. The zero-order valence-corrected chi connectivity index (χ0v) is 13.3. The van der Waals surface area contributed by atoms with E-state index in [1.807, 2.05) is 19.1 Å². The van der Waals surface area contributed by atoms with Gasteiger partial charge in [-0.15, -0.1) is 0 Å². The highest BCUT2D eigenvalue weighted by Crippen LogP contribution is 2.29. The van der Waals surface area contributed by atoms with Crippen LogP contribution in [0.3, 0.4) is 0 Å². The monoisotopic (exact) mass is 321 g/mol. The third-order valence-electron chi connectivity index (χ3n) is 2.95. The number of nitrogens with two attached hydrogens (primary N) is 1. The number of hydrogen-bond donors (Lipinski definition) is 1. The lowest BCUT2D eigenvalue weighted by atomic mass is 10.1. The maximum absolute atomic E-state index is 11.4. The van der Waals surface area contributed by atoms with Gasteiger partial charge in [0.05, 0.1) is 10.5 Å². The van der Waals surface area contributed by atoms with Crippen molar-refractivity contribution in [1.29, 1.82) is 0 Å². The zero-order valence-electron chi connectivity index (χ0n) is 11.7. The first kappa shape index (κ1) is 15.5. The standard InChI is InChI=1S/C15H15NO3S2/c1-10-4-3-5-13(15(16)20)14(10)19-11-6-8-12(9-7-11)21(2,17)18/h3-9H,1-2H3,(H2,16,20). The van der Waals surface area contributed by atoms with Crippen LogP contribution >= 0.6 is 12.2 Å². The molecule has 2 aromatic rings. The van der Waals surface area contributed by atoms with Crippen molar-refractivity contribution in [3.05, 3.63) is 53.6 Å². The molecule has 0 fully saturated rings. The number of thiocarbonyl (C=S) groups is 1. The summed E-state index contributed by atoms with van der Waals surface area (Å²) in [5.41, 5.74) is 7.24. The smallest absolute Gasteiger partial charge is 0.175 e. The van der Waals surface area contributed by atoms with E-state index in [9.17, 15) is 8.42 Å². The quantitative estimate of drug-likeness (QED) is 0.877. The molecule has 4 nitrogen and oxygen atoms in total. The van der Waals surface area contributed by atoms with E-state index in [4.69, 9.17) is 22.7 Å². The maximum atomic E-state index is 11.4. The molecule has 0 saturated heterocycles. The molecular formula is C15H15NO3S2. The highest BCUT2D eigenvalue weighted by molar-refractivity contribution is 7.90. The third kappa shape index (κ3) is 3.59. The van der Waals surface area contributed by atoms with E-state index in [0.717, 1.165) is 11.8 Å². The fourth-order valence-corrected chi connectivity index (χ4v) is 2.65. The Morgan fingerprint density at radius 3 is 2.29 bits per heavy atom. The van der Waals surface area contributed by atoms with Crippen molar-refractivity contribution in [2.75, 3.05) is 6.26 Å². The Labute approximate surface area is 129 Å². The van der Waals surface area contributed by atoms with Crippen molar-refractivity contribution >= 4 is 27.0 Å². The number of rotatable bonds is 4. The number of hydrogen-bond acceptors (Lipinski definition) is 4. The third-order valence-corrected chi connectivity index (χ3v) is 4.30. The fourth-order valence-electron chi connectivity index (χ4n) is 1.85. The molecule has 0 aromatic heterocycles. The Kier molecular flexibility index (Phi) is 4.29. The average Bonchev–Trinajstić information content (AvgIpc) is 2.40. The predicted octanol–water partition coefficient (Wildman–Crippen LogP) is 2.83. The number of sulfone groups is 1. The summed E-state index contributed by atoms with van der Waals surface area (Å²) in [6.45, 7) is 1.89. The van der Waals surface area contributed by atoms with Crippen LogP contribution in [0, 0.1) is 6.92 Å². The molecule has 0 radical (unpaired) electrons. The number of ether oxygens (including phenoxy) is 1. The van der Waals surface area contributed by atoms with Crippen LogP contribution in [0.25, 0.3) is 0 Å². The molecule has 0 unspecified atom stereocenters. The first-order valence-electron chi connectivity index (χ1n) is 6.16. The molecule has 0 amide bonds. The van der Waals surface area contributed by atoms with Gasteiger partial charge in [-0.2, -0.15) is 0 Å².